The quantitative estimate of drug-likeness (QED) is 0.435. The molecule has 1 heteroatoms. The zero-order valence-electron chi connectivity index (χ0n) is 15.2. The van der Waals surface area contributed by atoms with E-state index in [0.29, 0.717) is 6.04 Å². The lowest BCUT2D eigenvalue weighted by atomic mass is 9.81. The van der Waals surface area contributed by atoms with Crippen LogP contribution in [0.25, 0.3) is 0 Å². The fourth-order valence-electron chi connectivity index (χ4n) is 3.28. The van der Waals surface area contributed by atoms with E-state index in [4.69, 9.17) is 0 Å². The van der Waals surface area contributed by atoms with E-state index >= 15 is 0 Å². The molecule has 0 aliphatic rings. The predicted molar refractivity (Wildman–Crippen MR) is 93.2 cm³/mol. The van der Waals surface area contributed by atoms with Crippen molar-refractivity contribution in [2.24, 2.45) is 17.8 Å². The van der Waals surface area contributed by atoms with E-state index in [-0.39, 0.29) is 0 Å². The van der Waals surface area contributed by atoms with Crippen molar-refractivity contribution in [2.45, 2.75) is 79.2 Å². The van der Waals surface area contributed by atoms with Crippen molar-refractivity contribution in [1.82, 2.24) is 4.90 Å². The summed E-state index contributed by atoms with van der Waals surface area (Å²) in [5.41, 5.74) is 1.44. The van der Waals surface area contributed by atoms with Gasteiger partial charge in [0, 0.05) is 6.04 Å². The molecule has 3 atom stereocenters. The summed E-state index contributed by atoms with van der Waals surface area (Å²) in [6.45, 7) is 15.9. The molecule has 0 aromatic heterocycles. The van der Waals surface area contributed by atoms with Crippen molar-refractivity contribution in [3.8, 4) is 0 Å². The number of hydrogen-bond acceptors (Lipinski definition) is 1. The number of hydrogen-bond donors (Lipinski definition) is 0. The van der Waals surface area contributed by atoms with Crippen LogP contribution in [0.2, 0.25) is 0 Å². The smallest absolute Gasteiger partial charge is 0.00916 e. The van der Waals surface area contributed by atoms with Crippen LogP contribution in [0.3, 0.4) is 0 Å². The van der Waals surface area contributed by atoms with Gasteiger partial charge in [-0.3, -0.25) is 0 Å². The molecule has 0 saturated carbocycles. The number of allylic oxidation sites excluding steroid dienone is 1. The predicted octanol–water partition coefficient (Wildman–Crippen LogP) is 5.76. The summed E-state index contributed by atoms with van der Waals surface area (Å²) in [5, 5.41) is 0. The third kappa shape index (κ3) is 8.09. The highest BCUT2D eigenvalue weighted by molar-refractivity contribution is 4.94. The van der Waals surface area contributed by atoms with E-state index in [1.165, 1.54) is 44.1 Å². The van der Waals surface area contributed by atoms with Crippen molar-refractivity contribution < 1.29 is 0 Å². The zero-order chi connectivity index (χ0) is 15.7. The van der Waals surface area contributed by atoms with Gasteiger partial charge in [0.15, 0.2) is 0 Å². The van der Waals surface area contributed by atoms with Crippen molar-refractivity contribution >= 4 is 0 Å². The van der Waals surface area contributed by atoms with Gasteiger partial charge in [0.1, 0.15) is 0 Å². The van der Waals surface area contributed by atoms with E-state index < -0.39 is 0 Å². The molecule has 3 unspecified atom stereocenters. The van der Waals surface area contributed by atoms with Crippen LogP contribution < -0.4 is 0 Å². The Bertz CT molecular complexity index is 254. The highest BCUT2D eigenvalue weighted by atomic mass is 15.1. The van der Waals surface area contributed by atoms with Crippen LogP contribution in [-0.2, 0) is 0 Å². The van der Waals surface area contributed by atoms with Gasteiger partial charge in [-0.15, -0.1) is 0 Å². The van der Waals surface area contributed by atoms with Gasteiger partial charge in [0.2, 0.25) is 0 Å². The fraction of sp³-hybridized carbons (Fsp3) is 0.895. The average molecular weight is 282 g/mol. The van der Waals surface area contributed by atoms with Crippen molar-refractivity contribution in [3.05, 3.63) is 12.2 Å². The molecule has 120 valence electrons. The van der Waals surface area contributed by atoms with Gasteiger partial charge in [-0.25, -0.2) is 0 Å². The Morgan fingerprint density at radius 1 is 1.05 bits per heavy atom. The topological polar surface area (TPSA) is 3.24 Å². The van der Waals surface area contributed by atoms with Crippen LogP contribution in [0.15, 0.2) is 12.2 Å². The fourth-order valence-corrected chi connectivity index (χ4v) is 3.28. The van der Waals surface area contributed by atoms with Gasteiger partial charge in [0.05, 0.1) is 0 Å². The maximum atomic E-state index is 4.23. The van der Waals surface area contributed by atoms with Crippen molar-refractivity contribution in [3.63, 3.8) is 0 Å². The molecule has 0 rings (SSSR count). The largest absolute Gasteiger partial charge is 0.306 e. The molecule has 0 amide bonds. The van der Waals surface area contributed by atoms with Gasteiger partial charge in [-0.1, -0.05) is 52.7 Å². The average Bonchev–Trinajstić information content (AvgIpc) is 2.33. The molecule has 1 nitrogen and oxygen atoms in total. The minimum Gasteiger partial charge on any atom is -0.306 e. The first-order chi connectivity index (χ1) is 9.29. The van der Waals surface area contributed by atoms with E-state index in [0.717, 1.165) is 17.8 Å². The van der Waals surface area contributed by atoms with Gasteiger partial charge in [-0.05, 0) is 64.5 Å². The summed E-state index contributed by atoms with van der Waals surface area (Å²) in [6, 6.07) is 0.684. The summed E-state index contributed by atoms with van der Waals surface area (Å²) in [6.07, 6.45) is 7.73. The SMILES string of the molecule is C=C(CCCC(C)C(CCC)C(C)N(C)C)CC(C)C. The van der Waals surface area contributed by atoms with Crippen LogP contribution in [0, 0.1) is 17.8 Å². The molecule has 0 aromatic rings. The summed E-state index contributed by atoms with van der Waals surface area (Å²) in [7, 11) is 4.43. The summed E-state index contributed by atoms with van der Waals surface area (Å²) < 4.78 is 0. The molecule has 0 aliphatic heterocycles. The summed E-state index contributed by atoms with van der Waals surface area (Å²) in [5.74, 6) is 2.40. The van der Waals surface area contributed by atoms with Gasteiger partial charge >= 0.3 is 0 Å². The highest BCUT2D eigenvalue weighted by Gasteiger charge is 2.23. The molecular formula is C19H39N. The first-order valence-corrected chi connectivity index (χ1v) is 8.62. The third-order valence-electron chi connectivity index (χ3n) is 4.67. The lowest BCUT2D eigenvalue weighted by Crippen LogP contribution is -2.36. The first-order valence-electron chi connectivity index (χ1n) is 8.62. The molecule has 0 radical (unpaired) electrons. The van der Waals surface area contributed by atoms with Gasteiger partial charge in [0.25, 0.3) is 0 Å². The monoisotopic (exact) mass is 281 g/mol. The Hall–Kier alpha value is -0.300. The second-order valence-corrected chi connectivity index (χ2v) is 7.37. The summed E-state index contributed by atoms with van der Waals surface area (Å²) in [4.78, 5) is 2.38. The maximum Gasteiger partial charge on any atom is 0.00916 e. The highest BCUT2D eigenvalue weighted by Crippen LogP contribution is 2.28. The Morgan fingerprint density at radius 3 is 2.10 bits per heavy atom. The van der Waals surface area contributed by atoms with Crippen LogP contribution in [0.1, 0.15) is 73.1 Å². The Kier molecular flexibility index (Phi) is 10.3. The molecule has 0 bridgehead atoms. The molecule has 0 N–H and O–H groups in total. The number of nitrogens with zero attached hydrogens (tertiary/aromatic N) is 1. The van der Waals surface area contributed by atoms with Gasteiger partial charge < -0.3 is 4.90 Å². The molecule has 0 spiro atoms. The molecule has 0 aromatic carbocycles. The van der Waals surface area contributed by atoms with Gasteiger partial charge in [-0.2, -0.15) is 0 Å². The zero-order valence-corrected chi connectivity index (χ0v) is 15.2. The van der Waals surface area contributed by atoms with Crippen LogP contribution >= 0.6 is 0 Å². The van der Waals surface area contributed by atoms with E-state index in [9.17, 15) is 0 Å². The molecule has 0 aliphatic carbocycles. The molecular weight excluding hydrogens is 242 g/mol. The van der Waals surface area contributed by atoms with Crippen LogP contribution in [0.5, 0.6) is 0 Å². The van der Waals surface area contributed by atoms with E-state index in [1.54, 1.807) is 0 Å². The standard InChI is InChI=1S/C19H39N/c1-9-11-19(18(6)20(7)8)17(5)13-10-12-16(4)14-15(2)3/h15,17-19H,4,9-14H2,1-3,5-8H3. The Morgan fingerprint density at radius 2 is 1.65 bits per heavy atom. The third-order valence-corrected chi connectivity index (χ3v) is 4.67. The van der Waals surface area contributed by atoms with Crippen molar-refractivity contribution in [1.29, 1.82) is 0 Å². The Labute approximate surface area is 128 Å². The molecule has 20 heavy (non-hydrogen) atoms. The van der Waals surface area contributed by atoms with Crippen molar-refractivity contribution in [2.75, 3.05) is 14.1 Å². The Balaban J connectivity index is 4.19. The molecule has 0 saturated heterocycles. The van der Waals surface area contributed by atoms with Crippen LogP contribution in [-0.4, -0.2) is 25.0 Å². The minimum atomic E-state index is 0.684. The molecule has 0 heterocycles. The maximum absolute atomic E-state index is 4.23. The second kappa shape index (κ2) is 10.4. The molecule has 0 fully saturated rings. The lowest BCUT2D eigenvalue weighted by molar-refractivity contribution is 0.159. The minimum absolute atomic E-state index is 0.684. The van der Waals surface area contributed by atoms with E-state index in [1.807, 2.05) is 0 Å². The normalized spacial score (nSPS) is 16.4. The van der Waals surface area contributed by atoms with Crippen LogP contribution in [0.4, 0.5) is 0 Å². The second-order valence-electron chi connectivity index (χ2n) is 7.37. The summed E-state index contributed by atoms with van der Waals surface area (Å²) >= 11 is 0. The number of rotatable bonds is 11. The van der Waals surface area contributed by atoms with E-state index in [2.05, 4.69) is 60.2 Å². The first kappa shape index (κ1) is 19.7. The lowest BCUT2D eigenvalue weighted by Gasteiger charge is -2.34.